The molecule has 0 bridgehead atoms. The Morgan fingerprint density at radius 2 is 0.562 bits per heavy atom. The highest BCUT2D eigenvalue weighted by Gasteiger charge is 2.35. The van der Waals surface area contributed by atoms with E-state index in [1.807, 2.05) is 42.5 Å². The van der Waals surface area contributed by atoms with E-state index in [0.29, 0.717) is 0 Å². The molecular formula is C31H27Al. The molecule has 1 heteroatoms. The Hall–Kier alpha value is -3.50. The third kappa shape index (κ3) is 4.87. The molecule has 0 radical (unpaired) electrons. The normalized spacial score (nSPS) is 10.5. The third-order valence-corrected chi connectivity index (χ3v) is 11.5. The number of benzene rings is 4. The van der Waals surface area contributed by atoms with E-state index in [2.05, 4.69) is 121 Å². The van der Waals surface area contributed by atoms with Crippen LogP contribution in [0, 0.1) is 0 Å². The van der Waals surface area contributed by atoms with Gasteiger partial charge < -0.3 is 0 Å². The van der Waals surface area contributed by atoms with Gasteiger partial charge in [0.15, 0.2) is 0 Å². The molecule has 0 saturated carbocycles. The van der Waals surface area contributed by atoms with Crippen LogP contribution in [0.3, 0.4) is 0 Å². The second-order valence-electron chi connectivity index (χ2n) is 7.86. The number of rotatable bonds is 4. The Labute approximate surface area is 194 Å². The van der Waals surface area contributed by atoms with E-state index < -0.39 is 13.1 Å². The minimum atomic E-state index is -2.69. The summed E-state index contributed by atoms with van der Waals surface area (Å²) < 4.78 is 5.77. The molecule has 0 N–H and O–H groups in total. The molecule has 0 amide bonds. The number of hydrogen-bond donors (Lipinski definition) is 0. The van der Waals surface area contributed by atoms with Gasteiger partial charge in [-0.15, -0.1) is 48.5 Å². The van der Waals surface area contributed by atoms with Crippen LogP contribution in [0.4, 0.5) is 0 Å². The fourth-order valence-electron chi connectivity index (χ4n) is 4.57. The van der Waals surface area contributed by atoms with Gasteiger partial charge in [0.25, 0.3) is 13.1 Å². The van der Waals surface area contributed by atoms with E-state index in [1.165, 1.54) is 17.7 Å². The molecule has 5 aromatic carbocycles. The maximum absolute atomic E-state index is 2.69. The summed E-state index contributed by atoms with van der Waals surface area (Å²) in [5, 5.41) is 0. The predicted molar refractivity (Wildman–Crippen MR) is 141 cm³/mol. The molecule has 0 unspecified atom stereocenters. The third-order valence-electron chi connectivity index (χ3n) is 5.98. The van der Waals surface area contributed by atoms with Crippen molar-refractivity contribution in [3.63, 3.8) is 0 Å². The number of hydrogen-bond acceptors (Lipinski definition) is 0. The van der Waals surface area contributed by atoms with Gasteiger partial charge in [-0.2, -0.15) is 0 Å². The Balaban J connectivity index is 0.000000300. The molecular weight excluding hydrogens is 399 g/mol. The Morgan fingerprint density at radius 3 is 0.844 bits per heavy atom. The SMILES string of the molecule is c1cc[c]([Al-]([c]2ccccc2)([c]2ccccc2)[c]2ccccc2)cc1.c1ccc[cH+]cc1. The lowest BCUT2D eigenvalue weighted by Crippen LogP contribution is -2.74. The molecule has 32 heavy (non-hydrogen) atoms. The lowest BCUT2D eigenvalue weighted by Gasteiger charge is -2.40. The molecule has 0 nitrogen and oxygen atoms in total. The van der Waals surface area contributed by atoms with Gasteiger partial charge in [-0.3, -0.25) is 0 Å². The van der Waals surface area contributed by atoms with Crippen LogP contribution in [0.2, 0.25) is 0 Å². The molecule has 0 spiro atoms. The molecule has 0 heterocycles. The average molecular weight is 427 g/mol. The molecule has 0 saturated heterocycles. The summed E-state index contributed by atoms with van der Waals surface area (Å²) in [5.41, 5.74) is 0. The van der Waals surface area contributed by atoms with Gasteiger partial charge in [0.05, 0.1) is 0 Å². The first-order valence-corrected chi connectivity index (χ1v) is 13.4. The van der Waals surface area contributed by atoms with E-state index in [9.17, 15) is 0 Å². The maximum atomic E-state index is 2.30. The van der Waals surface area contributed by atoms with Crippen LogP contribution in [0.5, 0.6) is 0 Å². The lowest BCUT2D eigenvalue weighted by molar-refractivity contribution is 1.66. The first-order valence-electron chi connectivity index (χ1n) is 11.1. The lowest BCUT2D eigenvalue weighted by atomic mass is 10.3. The molecule has 5 aromatic rings. The summed E-state index contributed by atoms with van der Waals surface area (Å²) in [6.45, 7) is 0. The van der Waals surface area contributed by atoms with Crippen molar-refractivity contribution in [3.8, 4) is 0 Å². The van der Waals surface area contributed by atoms with Crippen LogP contribution in [0.25, 0.3) is 0 Å². The van der Waals surface area contributed by atoms with Crippen LogP contribution in [-0.2, 0) is 0 Å². The van der Waals surface area contributed by atoms with E-state index in [1.54, 1.807) is 0 Å². The summed E-state index contributed by atoms with van der Waals surface area (Å²) in [4.78, 5) is 0. The van der Waals surface area contributed by atoms with Gasteiger partial charge in [-0.25, -0.2) is 17.7 Å². The van der Waals surface area contributed by atoms with Gasteiger partial charge in [-0.1, -0.05) is 72.8 Å². The van der Waals surface area contributed by atoms with Crippen molar-refractivity contribution in [2.24, 2.45) is 0 Å². The Bertz CT molecular complexity index is 979. The largest absolute Gasteiger partial charge is 0.266 e. The second-order valence-corrected chi connectivity index (χ2v) is 12.3. The summed E-state index contributed by atoms with van der Waals surface area (Å²) in [6, 6.07) is 58.2. The summed E-state index contributed by atoms with van der Waals surface area (Å²) in [5.74, 6) is 0. The van der Waals surface area contributed by atoms with Gasteiger partial charge in [0, 0.05) is 42.5 Å². The minimum Gasteiger partial charge on any atom is -0.218 e. The summed E-state index contributed by atoms with van der Waals surface area (Å²) in [7, 11) is 0. The Kier molecular flexibility index (Phi) is 7.61. The summed E-state index contributed by atoms with van der Waals surface area (Å²) in [6.07, 6.45) is 0. The average Bonchev–Trinajstić information content (AvgIpc) is 3.21. The fraction of sp³-hybridized carbons (Fsp3) is 0. The van der Waals surface area contributed by atoms with Gasteiger partial charge in [-0.05, 0) is 0 Å². The van der Waals surface area contributed by atoms with E-state index in [-0.39, 0.29) is 0 Å². The van der Waals surface area contributed by atoms with Crippen molar-refractivity contribution in [2.45, 2.75) is 0 Å². The molecule has 0 atom stereocenters. The van der Waals surface area contributed by atoms with Crippen molar-refractivity contribution < 1.29 is 0 Å². The highest BCUT2D eigenvalue weighted by molar-refractivity contribution is 7.19. The van der Waals surface area contributed by atoms with Gasteiger partial charge in [0.1, 0.15) is 0 Å². The molecule has 0 aromatic heterocycles. The van der Waals surface area contributed by atoms with Crippen LogP contribution >= 0.6 is 0 Å². The van der Waals surface area contributed by atoms with Crippen molar-refractivity contribution in [3.05, 3.63) is 164 Å². The van der Waals surface area contributed by atoms with E-state index >= 15 is 0 Å². The zero-order chi connectivity index (χ0) is 21.9. The zero-order valence-electron chi connectivity index (χ0n) is 18.2. The van der Waals surface area contributed by atoms with Crippen molar-refractivity contribution in [1.29, 1.82) is 0 Å². The van der Waals surface area contributed by atoms with E-state index in [4.69, 9.17) is 0 Å². The van der Waals surface area contributed by atoms with Crippen LogP contribution in [-0.4, -0.2) is 13.1 Å². The molecule has 154 valence electrons. The first kappa shape index (κ1) is 21.7. The first-order chi connectivity index (χ1) is 15.9. The van der Waals surface area contributed by atoms with Gasteiger partial charge >= 0.3 is 0 Å². The highest BCUT2D eigenvalue weighted by atomic mass is 27.2. The predicted octanol–water partition coefficient (Wildman–Crippen LogP) is 5.03. The van der Waals surface area contributed by atoms with Crippen LogP contribution < -0.4 is 17.7 Å². The van der Waals surface area contributed by atoms with Crippen molar-refractivity contribution in [1.82, 2.24) is 0 Å². The molecule has 0 aliphatic heterocycles. The van der Waals surface area contributed by atoms with Crippen LogP contribution in [0.1, 0.15) is 0 Å². The second kappa shape index (κ2) is 11.2. The molecule has 0 fully saturated rings. The molecule has 5 rings (SSSR count). The quantitative estimate of drug-likeness (QED) is 0.279. The Morgan fingerprint density at radius 1 is 0.312 bits per heavy atom. The van der Waals surface area contributed by atoms with Crippen LogP contribution in [0.15, 0.2) is 164 Å². The van der Waals surface area contributed by atoms with E-state index in [0.717, 1.165) is 0 Å². The highest BCUT2D eigenvalue weighted by Crippen LogP contribution is 2.09. The fourth-order valence-corrected chi connectivity index (χ4v) is 10.1. The maximum Gasteiger partial charge on any atom is 0.266 e. The monoisotopic (exact) mass is 426 g/mol. The van der Waals surface area contributed by atoms with Crippen molar-refractivity contribution >= 4 is 30.8 Å². The van der Waals surface area contributed by atoms with Crippen molar-refractivity contribution in [2.75, 3.05) is 0 Å². The zero-order valence-corrected chi connectivity index (χ0v) is 19.3. The molecule has 0 aliphatic rings. The smallest absolute Gasteiger partial charge is 0.218 e. The minimum absolute atomic E-state index is 1.44. The topological polar surface area (TPSA) is 0 Å². The van der Waals surface area contributed by atoms with Gasteiger partial charge in [0.2, 0.25) is 0 Å². The molecule has 0 aliphatic carbocycles. The standard InChI is InChI=1S/C7H7.4C6H5.Al/c1-2-4-6-7-5-3-1;4*1-2-4-6-5-3-1;/h1-7H;4*1-5H;/q+1;;;;;-1. The summed E-state index contributed by atoms with van der Waals surface area (Å²) >= 11 is -2.69.